The van der Waals surface area contributed by atoms with Crippen molar-refractivity contribution in [3.05, 3.63) is 0 Å². The quantitative estimate of drug-likeness (QED) is 0.779. The molecular weight excluding hydrogens is 201 g/mol. The summed E-state index contributed by atoms with van der Waals surface area (Å²) in [6, 6.07) is 0. The van der Waals surface area contributed by atoms with Crippen LogP contribution in [0, 0.1) is 11.3 Å². The maximum atomic E-state index is 13.1. The van der Waals surface area contributed by atoms with Crippen LogP contribution in [0.3, 0.4) is 0 Å². The smallest absolute Gasteiger partial charge is 0.100 e. The molecule has 0 unspecified atom stereocenters. The number of hydrogen-bond donors (Lipinski definition) is 1. The topological polar surface area (TPSA) is 26.0 Å². The van der Waals surface area contributed by atoms with Crippen molar-refractivity contribution in [1.82, 2.24) is 0 Å². The van der Waals surface area contributed by atoms with E-state index < -0.39 is 6.17 Å². The zero-order valence-electron chi connectivity index (χ0n) is 10.4. The van der Waals surface area contributed by atoms with Gasteiger partial charge in [-0.25, -0.2) is 4.39 Å². The number of hydrogen-bond acceptors (Lipinski definition) is 1. The van der Waals surface area contributed by atoms with E-state index >= 15 is 0 Å². The van der Waals surface area contributed by atoms with Gasteiger partial charge in [-0.1, -0.05) is 19.3 Å². The van der Waals surface area contributed by atoms with Gasteiger partial charge in [-0.05, 0) is 62.8 Å². The third-order valence-electron chi connectivity index (χ3n) is 4.85. The van der Waals surface area contributed by atoms with Gasteiger partial charge in [-0.3, -0.25) is 0 Å². The standard InChI is InChI=1S/C14H26FN/c15-13-6-4-12(5-7-13)10-14(11-16)8-2-1-3-9-14/h12-13H,1-11,16H2. The summed E-state index contributed by atoms with van der Waals surface area (Å²) in [4.78, 5) is 0. The zero-order valence-corrected chi connectivity index (χ0v) is 10.4. The van der Waals surface area contributed by atoms with Crippen molar-refractivity contribution < 1.29 is 4.39 Å². The summed E-state index contributed by atoms with van der Waals surface area (Å²) in [6.07, 6.45) is 11.3. The maximum Gasteiger partial charge on any atom is 0.100 e. The van der Waals surface area contributed by atoms with Gasteiger partial charge in [0.25, 0.3) is 0 Å². The Morgan fingerprint density at radius 1 is 1.00 bits per heavy atom. The van der Waals surface area contributed by atoms with E-state index in [9.17, 15) is 4.39 Å². The first-order valence-corrected chi connectivity index (χ1v) is 7.08. The van der Waals surface area contributed by atoms with Crippen LogP contribution >= 0.6 is 0 Å². The minimum Gasteiger partial charge on any atom is -0.330 e. The monoisotopic (exact) mass is 227 g/mol. The van der Waals surface area contributed by atoms with Gasteiger partial charge in [0, 0.05) is 0 Å². The molecule has 0 saturated heterocycles. The van der Waals surface area contributed by atoms with Gasteiger partial charge in [-0.15, -0.1) is 0 Å². The fourth-order valence-corrected chi connectivity index (χ4v) is 3.73. The van der Waals surface area contributed by atoms with Gasteiger partial charge < -0.3 is 5.73 Å². The highest BCUT2D eigenvalue weighted by atomic mass is 19.1. The molecule has 0 spiro atoms. The summed E-state index contributed by atoms with van der Waals surface area (Å²) in [7, 11) is 0. The molecule has 2 aliphatic rings. The van der Waals surface area contributed by atoms with Crippen LogP contribution in [0.25, 0.3) is 0 Å². The second-order valence-electron chi connectivity index (χ2n) is 6.09. The number of nitrogens with two attached hydrogens (primary N) is 1. The van der Waals surface area contributed by atoms with Gasteiger partial charge >= 0.3 is 0 Å². The summed E-state index contributed by atoms with van der Waals surface area (Å²) in [6.45, 7) is 0.850. The lowest BCUT2D eigenvalue weighted by molar-refractivity contribution is 0.114. The second kappa shape index (κ2) is 5.48. The van der Waals surface area contributed by atoms with Gasteiger partial charge in [0.2, 0.25) is 0 Å². The van der Waals surface area contributed by atoms with E-state index in [4.69, 9.17) is 5.73 Å². The van der Waals surface area contributed by atoms with Crippen molar-refractivity contribution in [3.63, 3.8) is 0 Å². The molecule has 2 fully saturated rings. The SMILES string of the molecule is NCC1(CC2CCC(F)CC2)CCCCC1. The van der Waals surface area contributed by atoms with Gasteiger partial charge in [0.1, 0.15) is 6.17 Å². The number of halogens is 1. The van der Waals surface area contributed by atoms with Crippen LogP contribution in [0.1, 0.15) is 64.2 Å². The summed E-state index contributed by atoms with van der Waals surface area (Å²) in [5.41, 5.74) is 6.43. The predicted molar refractivity (Wildman–Crippen MR) is 66.0 cm³/mol. The van der Waals surface area contributed by atoms with Crippen LogP contribution < -0.4 is 5.73 Å². The molecule has 2 N–H and O–H groups in total. The first-order valence-electron chi connectivity index (χ1n) is 7.08. The first kappa shape index (κ1) is 12.3. The molecule has 16 heavy (non-hydrogen) atoms. The molecule has 0 bridgehead atoms. The average molecular weight is 227 g/mol. The van der Waals surface area contributed by atoms with Crippen LogP contribution in [0.15, 0.2) is 0 Å². The lowest BCUT2D eigenvalue weighted by atomic mass is 9.67. The first-order chi connectivity index (χ1) is 7.74. The molecule has 0 aromatic rings. The molecule has 0 heterocycles. The predicted octanol–water partition coefficient (Wildman–Crippen LogP) is 3.81. The van der Waals surface area contributed by atoms with Gasteiger partial charge in [0.05, 0.1) is 0 Å². The Morgan fingerprint density at radius 3 is 2.19 bits per heavy atom. The third-order valence-corrected chi connectivity index (χ3v) is 4.85. The zero-order chi connectivity index (χ0) is 11.4. The van der Waals surface area contributed by atoms with E-state index in [1.165, 1.54) is 38.5 Å². The average Bonchev–Trinajstić information content (AvgIpc) is 2.33. The molecule has 2 heteroatoms. The Hall–Kier alpha value is -0.110. The molecule has 0 radical (unpaired) electrons. The highest BCUT2D eigenvalue weighted by Gasteiger charge is 2.34. The highest BCUT2D eigenvalue weighted by Crippen LogP contribution is 2.43. The molecule has 2 rings (SSSR count). The van der Waals surface area contributed by atoms with Crippen LogP contribution in [0.5, 0.6) is 0 Å². The molecule has 0 aromatic heterocycles. The Balaban J connectivity index is 1.86. The maximum absolute atomic E-state index is 13.1. The van der Waals surface area contributed by atoms with Crippen molar-refractivity contribution in [2.45, 2.75) is 70.4 Å². The van der Waals surface area contributed by atoms with E-state index in [0.29, 0.717) is 5.41 Å². The van der Waals surface area contributed by atoms with E-state index in [1.54, 1.807) is 0 Å². The Morgan fingerprint density at radius 2 is 1.62 bits per heavy atom. The Bertz CT molecular complexity index is 203. The fourth-order valence-electron chi connectivity index (χ4n) is 3.73. The van der Waals surface area contributed by atoms with E-state index in [0.717, 1.165) is 38.1 Å². The molecular formula is C14H26FN. The number of alkyl halides is 1. The van der Waals surface area contributed by atoms with Crippen molar-refractivity contribution in [1.29, 1.82) is 0 Å². The summed E-state index contributed by atoms with van der Waals surface area (Å²) < 4.78 is 13.1. The summed E-state index contributed by atoms with van der Waals surface area (Å²) in [5, 5.41) is 0. The lowest BCUT2D eigenvalue weighted by Crippen LogP contribution is -2.35. The van der Waals surface area contributed by atoms with Crippen LogP contribution in [-0.2, 0) is 0 Å². The second-order valence-corrected chi connectivity index (χ2v) is 6.09. The Kier molecular flexibility index (Phi) is 4.23. The van der Waals surface area contributed by atoms with E-state index in [1.807, 2.05) is 0 Å². The Labute approximate surface area is 99.0 Å². The lowest BCUT2D eigenvalue weighted by Gasteiger charge is -2.40. The van der Waals surface area contributed by atoms with Crippen molar-refractivity contribution in [2.75, 3.05) is 6.54 Å². The van der Waals surface area contributed by atoms with Crippen molar-refractivity contribution >= 4 is 0 Å². The molecule has 0 amide bonds. The van der Waals surface area contributed by atoms with Crippen LogP contribution in [0.2, 0.25) is 0 Å². The highest BCUT2D eigenvalue weighted by molar-refractivity contribution is 4.87. The normalized spacial score (nSPS) is 34.9. The minimum absolute atomic E-state index is 0.423. The third kappa shape index (κ3) is 2.97. The molecule has 1 nitrogen and oxygen atoms in total. The van der Waals surface area contributed by atoms with Crippen molar-refractivity contribution in [2.24, 2.45) is 17.1 Å². The molecule has 94 valence electrons. The largest absolute Gasteiger partial charge is 0.330 e. The van der Waals surface area contributed by atoms with Gasteiger partial charge in [-0.2, -0.15) is 0 Å². The minimum atomic E-state index is -0.517. The summed E-state index contributed by atoms with van der Waals surface area (Å²) >= 11 is 0. The fraction of sp³-hybridized carbons (Fsp3) is 1.00. The van der Waals surface area contributed by atoms with Crippen LogP contribution in [-0.4, -0.2) is 12.7 Å². The van der Waals surface area contributed by atoms with E-state index in [-0.39, 0.29) is 0 Å². The molecule has 2 aliphatic carbocycles. The molecule has 0 atom stereocenters. The van der Waals surface area contributed by atoms with E-state index in [2.05, 4.69) is 0 Å². The van der Waals surface area contributed by atoms with Crippen molar-refractivity contribution in [3.8, 4) is 0 Å². The molecule has 0 aromatic carbocycles. The number of rotatable bonds is 3. The van der Waals surface area contributed by atoms with Gasteiger partial charge in [0.15, 0.2) is 0 Å². The van der Waals surface area contributed by atoms with Crippen LogP contribution in [0.4, 0.5) is 4.39 Å². The molecule has 0 aliphatic heterocycles. The summed E-state index contributed by atoms with van der Waals surface area (Å²) in [5.74, 6) is 0.758. The molecule has 2 saturated carbocycles.